The Morgan fingerprint density at radius 3 is 2.67 bits per heavy atom. The Balaban J connectivity index is 1.97. The first kappa shape index (κ1) is 9.48. The fourth-order valence-corrected chi connectivity index (χ4v) is 0.917. The van der Waals surface area contributed by atoms with Gasteiger partial charge in [0.25, 0.3) is 0 Å². The topological polar surface area (TPSA) is 41.6 Å². The molecule has 1 amide bonds. The molecule has 0 saturated carbocycles. The van der Waals surface area contributed by atoms with Gasteiger partial charge in [0.15, 0.2) is 0 Å². The van der Waals surface area contributed by atoms with Crippen molar-refractivity contribution in [3.63, 3.8) is 0 Å². The minimum Gasteiger partial charge on any atom is -0.375 e. The Kier molecular flexibility index (Phi) is 3.49. The molecule has 1 fully saturated rings. The van der Waals surface area contributed by atoms with Gasteiger partial charge in [0, 0.05) is 27.2 Å². The quantitative estimate of drug-likeness (QED) is 0.619. The highest BCUT2D eigenvalue weighted by Crippen LogP contribution is 1.99. The number of carbonyl (C=O) groups is 1. The zero-order chi connectivity index (χ0) is 8.97. The summed E-state index contributed by atoms with van der Waals surface area (Å²) >= 11 is 0. The van der Waals surface area contributed by atoms with Gasteiger partial charge in [-0.25, -0.2) is 0 Å². The van der Waals surface area contributed by atoms with Crippen LogP contribution >= 0.6 is 0 Å². The lowest BCUT2D eigenvalue weighted by atomic mass is 10.2. The van der Waals surface area contributed by atoms with Crippen LogP contribution in [0.1, 0.15) is 6.42 Å². The van der Waals surface area contributed by atoms with E-state index in [0.29, 0.717) is 19.1 Å². The Morgan fingerprint density at radius 1 is 1.58 bits per heavy atom. The highest BCUT2D eigenvalue weighted by Gasteiger charge is 2.17. The maximum atomic E-state index is 11.1. The molecule has 1 heterocycles. The molecule has 1 rings (SSSR count). The van der Waals surface area contributed by atoms with Crippen LogP contribution in [0.4, 0.5) is 0 Å². The molecule has 0 aliphatic carbocycles. The van der Waals surface area contributed by atoms with Crippen LogP contribution in [-0.2, 0) is 9.53 Å². The van der Waals surface area contributed by atoms with Crippen LogP contribution in [0, 0.1) is 0 Å². The van der Waals surface area contributed by atoms with E-state index >= 15 is 0 Å². The zero-order valence-corrected chi connectivity index (χ0v) is 7.67. The Labute approximate surface area is 72.9 Å². The monoisotopic (exact) mass is 172 g/mol. The van der Waals surface area contributed by atoms with Crippen LogP contribution in [-0.4, -0.2) is 50.7 Å². The van der Waals surface area contributed by atoms with Crippen LogP contribution in [0.15, 0.2) is 0 Å². The Bertz CT molecular complexity index is 155. The number of amides is 1. The Hall–Kier alpha value is -0.610. The van der Waals surface area contributed by atoms with E-state index in [9.17, 15) is 4.79 Å². The number of hydrogen-bond donors (Lipinski definition) is 1. The third-order valence-electron chi connectivity index (χ3n) is 1.91. The fourth-order valence-electron chi connectivity index (χ4n) is 0.917. The molecule has 4 heteroatoms. The van der Waals surface area contributed by atoms with Crippen molar-refractivity contribution in [1.29, 1.82) is 0 Å². The van der Waals surface area contributed by atoms with Crippen molar-refractivity contribution in [3.8, 4) is 0 Å². The number of carbonyl (C=O) groups excluding carboxylic acids is 1. The lowest BCUT2D eigenvalue weighted by Crippen LogP contribution is -2.48. The van der Waals surface area contributed by atoms with E-state index in [1.54, 1.807) is 19.0 Å². The molecule has 0 unspecified atom stereocenters. The molecular weight excluding hydrogens is 156 g/mol. The van der Waals surface area contributed by atoms with Gasteiger partial charge >= 0.3 is 0 Å². The second kappa shape index (κ2) is 4.42. The zero-order valence-electron chi connectivity index (χ0n) is 7.67. The maximum Gasteiger partial charge on any atom is 0.224 e. The number of nitrogens with one attached hydrogen (secondary N) is 1. The van der Waals surface area contributed by atoms with Crippen LogP contribution in [0.2, 0.25) is 0 Å². The van der Waals surface area contributed by atoms with Crippen molar-refractivity contribution < 1.29 is 9.53 Å². The molecule has 70 valence electrons. The summed E-state index contributed by atoms with van der Waals surface area (Å²) < 4.78 is 5.39. The van der Waals surface area contributed by atoms with Crippen molar-refractivity contribution in [1.82, 2.24) is 10.2 Å². The molecule has 0 bridgehead atoms. The summed E-state index contributed by atoms with van der Waals surface area (Å²) in [4.78, 5) is 12.6. The first-order valence-corrected chi connectivity index (χ1v) is 4.22. The van der Waals surface area contributed by atoms with Gasteiger partial charge in [-0.3, -0.25) is 4.79 Å². The lowest BCUT2D eigenvalue weighted by Gasteiger charge is -2.27. The predicted molar refractivity (Wildman–Crippen MR) is 45.9 cm³/mol. The van der Waals surface area contributed by atoms with Gasteiger partial charge < -0.3 is 15.0 Å². The van der Waals surface area contributed by atoms with Crippen molar-refractivity contribution in [2.45, 2.75) is 12.5 Å². The molecule has 0 spiro atoms. The summed E-state index contributed by atoms with van der Waals surface area (Å²) in [6.45, 7) is 2.40. The van der Waals surface area contributed by atoms with Crippen molar-refractivity contribution >= 4 is 5.91 Å². The van der Waals surface area contributed by atoms with E-state index in [4.69, 9.17) is 4.74 Å². The standard InChI is InChI=1S/C8H16N2O2/c1-10(2)8(11)3-4-12-7-5-9-6-7/h7,9H,3-6H2,1-2H3. The first-order valence-electron chi connectivity index (χ1n) is 4.22. The molecule has 12 heavy (non-hydrogen) atoms. The Morgan fingerprint density at radius 2 is 2.25 bits per heavy atom. The molecule has 0 aromatic rings. The average Bonchev–Trinajstić information content (AvgIpc) is 1.93. The van der Waals surface area contributed by atoms with Crippen molar-refractivity contribution in [2.75, 3.05) is 33.8 Å². The number of ether oxygens (including phenoxy) is 1. The second-order valence-corrected chi connectivity index (χ2v) is 3.19. The van der Waals surface area contributed by atoms with E-state index in [-0.39, 0.29) is 5.91 Å². The molecule has 4 nitrogen and oxygen atoms in total. The largest absolute Gasteiger partial charge is 0.375 e. The summed E-state index contributed by atoms with van der Waals surface area (Å²) in [7, 11) is 3.51. The molecule has 0 aromatic heterocycles. The van der Waals surface area contributed by atoms with Crippen LogP contribution in [0.25, 0.3) is 0 Å². The average molecular weight is 172 g/mol. The van der Waals surface area contributed by atoms with Gasteiger partial charge in [0.2, 0.25) is 5.91 Å². The van der Waals surface area contributed by atoms with Crippen molar-refractivity contribution in [3.05, 3.63) is 0 Å². The molecular formula is C8H16N2O2. The number of nitrogens with zero attached hydrogens (tertiary/aromatic N) is 1. The predicted octanol–water partition coefficient (Wildman–Crippen LogP) is -0.547. The van der Waals surface area contributed by atoms with E-state index in [0.717, 1.165) is 13.1 Å². The normalized spacial score (nSPS) is 17.2. The highest BCUT2D eigenvalue weighted by atomic mass is 16.5. The first-order chi connectivity index (χ1) is 5.70. The van der Waals surface area contributed by atoms with E-state index in [1.165, 1.54) is 0 Å². The minimum atomic E-state index is 0.127. The van der Waals surface area contributed by atoms with Crippen molar-refractivity contribution in [2.24, 2.45) is 0 Å². The fraction of sp³-hybridized carbons (Fsp3) is 0.875. The van der Waals surface area contributed by atoms with Gasteiger partial charge in [-0.15, -0.1) is 0 Å². The summed E-state index contributed by atoms with van der Waals surface area (Å²) in [5, 5.41) is 3.10. The van der Waals surface area contributed by atoms with Gasteiger partial charge in [-0.05, 0) is 0 Å². The lowest BCUT2D eigenvalue weighted by molar-refractivity contribution is -0.130. The summed E-state index contributed by atoms with van der Waals surface area (Å²) in [6, 6.07) is 0. The van der Waals surface area contributed by atoms with Crippen LogP contribution in [0.5, 0.6) is 0 Å². The van der Waals surface area contributed by atoms with Gasteiger partial charge in [-0.1, -0.05) is 0 Å². The SMILES string of the molecule is CN(C)C(=O)CCOC1CNC1. The van der Waals surface area contributed by atoms with Crippen LogP contribution in [0.3, 0.4) is 0 Å². The molecule has 0 aromatic carbocycles. The number of rotatable bonds is 4. The van der Waals surface area contributed by atoms with E-state index in [2.05, 4.69) is 5.32 Å². The number of hydrogen-bond acceptors (Lipinski definition) is 3. The smallest absolute Gasteiger partial charge is 0.224 e. The summed E-state index contributed by atoms with van der Waals surface area (Å²) in [6.07, 6.45) is 0.823. The summed E-state index contributed by atoms with van der Waals surface area (Å²) in [5.41, 5.74) is 0. The molecule has 1 N–H and O–H groups in total. The van der Waals surface area contributed by atoms with Gasteiger partial charge in [0.05, 0.1) is 19.1 Å². The summed E-state index contributed by atoms with van der Waals surface area (Å²) in [5.74, 6) is 0.127. The highest BCUT2D eigenvalue weighted by molar-refractivity contribution is 5.75. The molecule has 1 saturated heterocycles. The van der Waals surface area contributed by atoms with Gasteiger partial charge in [0.1, 0.15) is 0 Å². The minimum absolute atomic E-state index is 0.127. The third kappa shape index (κ3) is 2.79. The maximum absolute atomic E-state index is 11.1. The van der Waals surface area contributed by atoms with Gasteiger partial charge in [-0.2, -0.15) is 0 Å². The van der Waals surface area contributed by atoms with E-state index in [1.807, 2.05) is 0 Å². The third-order valence-corrected chi connectivity index (χ3v) is 1.91. The van der Waals surface area contributed by atoms with E-state index < -0.39 is 0 Å². The second-order valence-electron chi connectivity index (χ2n) is 3.19. The van der Waals surface area contributed by atoms with Crippen LogP contribution < -0.4 is 5.32 Å². The molecule has 1 aliphatic heterocycles. The molecule has 0 radical (unpaired) electrons. The molecule has 1 aliphatic rings. The molecule has 0 atom stereocenters.